The van der Waals surface area contributed by atoms with Crippen LogP contribution < -0.4 is 0 Å². The van der Waals surface area contributed by atoms with Gasteiger partial charge in [0.05, 0.1) is 5.41 Å². The zero-order chi connectivity index (χ0) is 20.8. The van der Waals surface area contributed by atoms with Crippen LogP contribution in [0, 0.1) is 5.41 Å². The largest absolute Gasteiger partial charge is 0.462 e. The molecule has 0 spiro atoms. The van der Waals surface area contributed by atoms with Crippen LogP contribution in [-0.2, 0) is 23.8 Å². The highest BCUT2D eigenvalue weighted by Gasteiger charge is 2.85. The smallest absolute Gasteiger partial charge is 0.449 e. The van der Waals surface area contributed by atoms with E-state index in [1.807, 2.05) is 0 Å². The van der Waals surface area contributed by atoms with E-state index in [1.165, 1.54) is 13.8 Å². The van der Waals surface area contributed by atoms with E-state index in [2.05, 4.69) is 9.47 Å². The van der Waals surface area contributed by atoms with Crippen molar-refractivity contribution in [3.05, 3.63) is 0 Å². The zero-order valence-corrected chi connectivity index (χ0v) is 14.9. The van der Waals surface area contributed by atoms with Crippen molar-refractivity contribution in [3.8, 4) is 0 Å². The van der Waals surface area contributed by atoms with Crippen molar-refractivity contribution < 1.29 is 50.9 Å². The molecular weight excluding hydrogens is 371 g/mol. The summed E-state index contributed by atoms with van der Waals surface area (Å²) in [6.45, 7) is 4.71. The minimum atomic E-state index is -5.90. The molecule has 0 aromatic rings. The number of alkyl halides is 5. The van der Waals surface area contributed by atoms with E-state index in [0.29, 0.717) is 20.3 Å². The van der Waals surface area contributed by atoms with Crippen molar-refractivity contribution >= 4 is 11.9 Å². The molecule has 0 aromatic heterocycles. The molecule has 1 saturated heterocycles. The highest BCUT2D eigenvalue weighted by Crippen LogP contribution is 2.57. The predicted molar refractivity (Wildman–Crippen MR) is 76.0 cm³/mol. The maximum absolute atomic E-state index is 14.5. The Morgan fingerprint density at radius 2 is 1.73 bits per heavy atom. The molecule has 1 N–H and O–H groups in total. The van der Waals surface area contributed by atoms with Gasteiger partial charge in [-0.2, -0.15) is 22.0 Å². The van der Waals surface area contributed by atoms with E-state index in [1.54, 1.807) is 6.92 Å². The molecule has 1 fully saturated rings. The monoisotopic (exact) mass is 392 g/mol. The second-order valence-electron chi connectivity index (χ2n) is 6.86. The van der Waals surface area contributed by atoms with E-state index in [9.17, 15) is 36.6 Å². The fourth-order valence-corrected chi connectivity index (χ4v) is 2.29. The van der Waals surface area contributed by atoms with Gasteiger partial charge in [-0.25, -0.2) is 0 Å². The fraction of sp³-hybridized carbons (Fsp3) is 0.867. The Morgan fingerprint density at radius 1 is 1.23 bits per heavy atom. The summed E-state index contributed by atoms with van der Waals surface area (Å²) < 4.78 is 81.4. The number of hydrogen-bond acceptors (Lipinski definition) is 6. The number of carbonyl (C=O) groups is 2. The van der Waals surface area contributed by atoms with E-state index in [-0.39, 0.29) is 0 Å². The number of rotatable bonds is 5. The Morgan fingerprint density at radius 3 is 2.12 bits per heavy atom. The molecular formula is C15H21F5O6. The number of hydrogen-bond donors (Lipinski definition) is 1. The number of esters is 2. The highest BCUT2D eigenvalue weighted by molar-refractivity contribution is 5.75. The maximum Gasteiger partial charge on any atom is 0.449 e. The Bertz CT molecular complexity index is 575. The molecule has 0 saturated carbocycles. The maximum atomic E-state index is 14.5. The summed E-state index contributed by atoms with van der Waals surface area (Å²) in [5.41, 5.74) is -4.25. The lowest BCUT2D eigenvalue weighted by atomic mass is 9.89. The molecule has 3 atom stereocenters. The first-order valence-corrected chi connectivity index (χ1v) is 7.68. The first-order chi connectivity index (χ1) is 11.5. The van der Waals surface area contributed by atoms with Crippen molar-refractivity contribution in [1.82, 2.24) is 0 Å². The van der Waals surface area contributed by atoms with Crippen LogP contribution in [0.4, 0.5) is 22.0 Å². The molecule has 6 nitrogen and oxygen atoms in total. The zero-order valence-electron chi connectivity index (χ0n) is 14.9. The minimum absolute atomic E-state index is 0.307. The summed E-state index contributed by atoms with van der Waals surface area (Å²) in [6, 6.07) is 0. The van der Waals surface area contributed by atoms with Gasteiger partial charge < -0.3 is 19.3 Å². The van der Waals surface area contributed by atoms with Gasteiger partial charge in [0.1, 0.15) is 12.7 Å². The molecule has 0 amide bonds. The van der Waals surface area contributed by atoms with Gasteiger partial charge >= 0.3 is 29.8 Å². The van der Waals surface area contributed by atoms with Crippen LogP contribution in [0.5, 0.6) is 0 Å². The molecule has 1 aliphatic rings. The first-order valence-electron chi connectivity index (χ1n) is 7.68. The molecule has 1 aliphatic heterocycles. The normalized spacial score (nSPS) is 31.6. The fourth-order valence-electron chi connectivity index (χ4n) is 2.29. The summed E-state index contributed by atoms with van der Waals surface area (Å²) in [7, 11) is 0. The number of halogens is 5. The van der Waals surface area contributed by atoms with Gasteiger partial charge in [-0.1, -0.05) is 6.92 Å². The molecule has 0 bridgehead atoms. The van der Waals surface area contributed by atoms with E-state index in [0.717, 1.165) is 0 Å². The van der Waals surface area contributed by atoms with Gasteiger partial charge in [0.25, 0.3) is 0 Å². The second-order valence-corrected chi connectivity index (χ2v) is 6.86. The van der Waals surface area contributed by atoms with Gasteiger partial charge in [-0.05, 0) is 27.2 Å². The Kier molecular flexibility index (Phi) is 5.72. The third-order valence-corrected chi connectivity index (χ3v) is 4.52. The van der Waals surface area contributed by atoms with Crippen LogP contribution in [0.25, 0.3) is 0 Å². The topological polar surface area (TPSA) is 82.1 Å². The van der Waals surface area contributed by atoms with Crippen LogP contribution in [0.15, 0.2) is 0 Å². The quantitative estimate of drug-likeness (QED) is 0.572. The second kappa shape index (κ2) is 6.59. The average Bonchev–Trinajstić information content (AvgIpc) is 2.62. The van der Waals surface area contributed by atoms with Gasteiger partial charge in [0.2, 0.25) is 5.60 Å². The Labute approximate surface area is 146 Å². The van der Waals surface area contributed by atoms with E-state index in [4.69, 9.17) is 4.74 Å². The summed E-state index contributed by atoms with van der Waals surface area (Å²) >= 11 is 0. The molecule has 152 valence electrons. The van der Waals surface area contributed by atoms with Gasteiger partial charge in [0.15, 0.2) is 0 Å². The molecule has 26 heavy (non-hydrogen) atoms. The molecule has 11 heteroatoms. The summed E-state index contributed by atoms with van der Waals surface area (Å²) in [6.07, 6.45) is -7.86. The Balaban J connectivity index is 3.24. The van der Waals surface area contributed by atoms with Gasteiger partial charge in [-0.3, -0.25) is 9.59 Å². The minimum Gasteiger partial charge on any atom is -0.462 e. The third kappa shape index (κ3) is 3.38. The molecule has 0 aromatic carbocycles. The number of carbonyl (C=O) groups excluding carboxylic acids is 2. The lowest BCUT2D eigenvalue weighted by Crippen LogP contribution is -2.64. The molecule has 0 aliphatic carbocycles. The van der Waals surface area contributed by atoms with Gasteiger partial charge in [-0.15, -0.1) is 0 Å². The van der Waals surface area contributed by atoms with Crippen LogP contribution in [-0.4, -0.2) is 53.2 Å². The standard InChI is InChI=1S/C15H21F5O6/c1-6-11(3,4)10(22)24-7-9-12(5,25-8(2)21)13(16,17)14(23,26-9)15(18,19)20/h9,23H,6-7H2,1-5H3. The first kappa shape index (κ1) is 22.6. The third-order valence-electron chi connectivity index (χ3n) is 4.52. The van der Waals surface area contributed by atoms with Crippen molar-refractivity contribution in [2.75, 3.05) is 6.61 Å². The van der Waals surface area contributed by atoms with Crippen LogP contribution in [0.1, 0.15) is 41.0 Å². The van der Waals surface area contributed by atoms with Crippen molar-refractivity contribution in [3.63, 3.8) is 0 Å². The predicted octanol–water partition coefficient (Wildman–Crippen LogP) is 2.57. The average molecular weight is 392 g/mol. The molecule has 1 heterocycles. The van der Waals surface area contributed by atoms with Crippen molar-refractivity contribution in [1.29, 1.82) is 0 Å². The SMILES string of the molecule is CCC(C)(C)C(=O)OCC1OC(O)(C(F)(F)F)C(F)(F)C1(C)OC(C)=O. The van der Waals surface area contributed by atoms with Crippen molar-refractivity contribution in [2.24, 2.45) is 5.41 Å². The molecule has 0 radical (unpaired) electrons. The van der Waals surface area contributed by atoms with Crippen LogP contribution >= 0.6 is 0 Å². The van der Waals surface area contributed by atoms with Crippen LogP contribution in [0.3, 0.4) is 0 Å². The number of aliphatic hydroxyl groups is 1. The van der Waals surface area contributed by atoms with E-state index >= 15 is 0 Å². The van der Waals surface area contributed by atoms with E-state index < -0.39 is 53.6 Å². The summed E-state index contributed by atoms with van der Waals surface area (Å²) in [5, 5.41) is 9.52. The lowest BCUT2D eigenvalue weighted by molar-refractivity contribution is -0.412. The molecule has 3 unspecified atom stereocenters. The number of ether oxygens (including phenoxy) is 3. The van der Waals surface area contributed by atoms with Crippen LogP contribution in [0.2, 0.25) is 0 Å². The molecule has 1 rings (SSSR count). The summed E-state index contributed by atoms with van der Waals surface area (Å²) in [5.74, 6) is -12.2. The summed E-state index contributed by atoms with van der Waals surface area (Å²) in [4.78, 5) is 23.1. The van der Waals surface area contributed by atoms with Gasteiger partial charge in [0, 0.05) is 6.92 Å². The van der Waals surface area contributed by atoms with Crippen molar-refractivity contribution in [2.45, 2.75) is 70.6 Å². The lowest BCUT2D eigenvalue weighted by Gasteiger charge is -2.36. The highest BCUT2D eigenvalue weighted by atomic mass is 19.4. The Hall–Kier alpha value is -1.49.